The molecule has 2 unspecified atom stereocenters. The lowest BCUT2D eigenvalue weighted by Gasteiger charge is -2.18. The molecular weight excluding hydrogens is 309 g/mol. The minimum absolute atomic E-state index is 0.167. The number of anilines is 1. The van der Waals surface area contributed by atoms with Crippen molar-refractivity contribution in [1.29, 1.82) is 0 Å². The second-order valence-electron chi connectivity index (χ2n) is 5.20. The molecule has 0 fully saturated rings. The molecule has 0 spiro atoms. The van der Waals surface area contributed by atoms with E-state index in [1.807, 2.05) is 13.0 Å². The van der Waals surface area contributed by atoms with Crippen molar-refractivity contribution in [2.75, 3.05) is 17.8 Å². The van der Waals surface area contributed by atoms with Gasteiger partial charge in [0.1, 0.15) is 0 Å². The van der Waals surface area contributed by atoms with Gasteiger partial charge in [0.2, 0.25) is 7.37 Å². The van der Waals surface area contributed by atoms with Gasteiger partial charge in [-0.05, 0) is 31.0 Å². The van der Waals surface area contributed by atoms with Crippen molar-refractivity contribution in [3.8, 4) is 0 Å². The molecule has 0 heterocycles. The third-order valence-electron chi connectivity index (χ3n) is 3.11. The number of rotatable bonds is 9. The molecule has 0 aliphatic carbocycles. The largest absolute Gasteiger partial charge is 0.481 e. The first kappa shape index (κ1) is 18.2. The van der Waals surface area contributed by atoms with Crippen molar-refractivity contribution in [2.45, 2.75) is 19.8 Å². The second kappa shape index (κ2) is 7.96. The Bertz CT molecular complexity index is 588. The highest BCUT2D eigenvalue weighted by atomic mass is 31.2. The molecular formula is C14H20NO6P. The monoisotopic (exact) mass is 329 g/mol. The first-order valence-electron chi connectivity index (χ1n) is 6.75. The zero-order valence-corrected chi connectivity index (χ0v) is 13.1. The fourth-order valence-electron chi connectivity index (χ4n) is 1.97. The zero-order chi connectivity index (χ0) is 16.8. The number of aliphatic carboxylic acids is 2. The predicted molar refractivity (Wildman–Crippen MR) is 82.4 cm³/mol. The van der Waals surface area contributed by atoms with Gasteiger partial charge in [0.05, 0.1) is 12.2 Å². The highest BCUT2D eigenvalue weighted by Gasteiger charge is 2.29. The Hall–Kier alpha value is -1.85. The van der Waals surface area contributed by atoms with Crippen molar-refractivity contribution >= 4 is 25.0 Å². The molecule has 8 heteroatoms. The fraction of sp³-hybridized carbons (Fsp3) is 0.429. The molecule has 122 valence electrons. The number of aryl methyl sites for hydroxylation is 1. The predicted octanol–water partition coefficient (Wildman–Crippen LogP) is 2.20. The summed E-state index contributed by atoms with van der Waals surface area (Å²) >= 11 is 0. The van der Waals surface area contributed by atoms with E-state index in [0.717, 1.165) is 5.56 Å². The van der Waals surface area contributed by atoms with Crippen LogP contribution in [0.25, 0.3) is 0 Å². The molecule has 1 aromatic carbocycles. The normalized spacial score (nSPS) is 14.8. The Morgan fingerprint density at radius 1 is 1.32 bits per heavy atom. The maximum absolute atomic E-state index is 12.1. The Morgan fingerprint density at radius 2 is 2.00 bits per heavy atom. The van der Waals surface area contributed by atoms with Crippen LogP contribution in [0.2, 0.25) is 0 Å². The average molecular weight is 329 g/mol. The van der Waals surface area contributed by atoms with Crippen LogP contribution in [0.3, 0.4) is 0 Å². The maximum atomic E-state index is 12.1. The van der Waals surface area contributed by atoms with Gasteiger partial charge >= 0.3 is 11.9 Å². The molecule has 4 N–H and O–H groups in total. The Morgan fingerprint density at radius 3 is 2.55 bits per heavy atom. The van der Waals surface area contributed by atoms with Gasteiger partial charge in [-0.1, -0.05) is 12.1 Å². The third kappa shape index (κ3) is 6.74. The Balaban J connectivity index is 2.61. The van der Waals surface area contributed by atoms with Crippen molar-refractivity contribution < 1.29 is 29.3 Å². The first-order valence-corrected chi connectivity index (χ1v) is 8.78. The van der Waals surface area contributed by atoms with Gasteiger partial charge in [0, 0.05) is 18.3 Å². The van der Waals surface area contributed by atoms with Gasteiger partial charge in [0.25, 0.3) is 0 Å². The van der Waals surface area contributed by atoms with Crippen LogP contribution in [0.5, 0.6) is 0 Å². The van der Waals surface area contributed by atoms with E-state index in [1.54, 1.807) is 18.2 Å². The van der Waals surface area contributed by atoms with Crippen LogP contribution >= 0.6 is 7.37 Å². The quantitative estimate of drug-likeness (QED) is 0.512. The number of carbonyl (C=O) groups is 2. The van der Waals surface area contributed by atoms with Crippen molar-refractivity contribution in [2.24, 2.45) is 5.92 Å². The lowest BCUT2D eigenvalue weighted by atomic mass is 10.1. The lowest BCUT2D eigenvalue weighted by molar-refractivity contribution is -0.142. The molecule has 0 saturated heterocycles. The first-order chi connectivity index (χ1) is 10.2. The smallest absolute Gasteiger partial charge is 0.307 e. The summed E-state index contributed by atoms with van der Waals surface area (Å²) in [7, 11) is -3.73. The summed E-state index contributed by atoms with van der Waals surface area (Å²) in [6, 6.07) is 7.23. The molecule has 0 amide bonds. The van der Waals surface area contributed by atoms with Crippen LogP contribution in [-0.2, 0) is 14.2 Å². The molecule has 1 aromatic rings. The molecule has 0 saturated carbocycles. The number of carboxylic acids is 2. The summed E-state index contributed by atoms with van der Waals surface area (Å²) in [6.45, 7) is 1.88. The number of benzene rings is 1. The molecule has 0 aromatic heterocycles. The minimum Gasteiger partial charge on any atom is -0.481 e. The van der Waals surface area contributed by atoms with E-state index >= 15 is 0 Å². The van der Waals surface area contributed by atoms with Gasteiger partial charge < -0.3 is 20.4 Å². The van der Waals surface area contributed by atoms with Crippen LogP contribution in [0.15, 0.2) is 24.3 Å². The third-order valence-corrected chi connectivity index (χ3v) is 4.77. The standard InChI is InChI=1S/C14H20NO6P/c1-10-3-2-4-12(7-10)15-9-22(20,21)8-11(14(18)19)5-6-13(16)17/h2-4,7,11,15H,5-6,8-9H2,1H3,(H,16,17)(H,18,19)(H,20,21). The fourth-order valence-corrected chi connectivity index (χ4v) is 3.56. The highest BCUT2D eigenvalue weighted by molar-refractivity contribution is 7.58. The molecule has 0 bridgehead atoms. The van der Waals surface area contributed by atoms with Crippen LogP contribution in [0.4, 0.5) is 5.69 Å². The van der Waals surface area contributed by atoms with E-state index in [9.17, 15) is 19.0 Å². The molecule has 0 aliphatic rings. The molecule has 7 nitrogen and oxygen atoms in total. The summed E-state index contributed by atoms with van der Waals surface area (Å²) in [5.74, 6) is -3.53. The van der Waals surface area contributed by atoms with Crippen LogP contribution in [0.1, 0.15) is 18.4 Å². The Labute approximate surface area is 128 Å². The van der Waals surface area contributed by atoms with Crippen LogP contribution < -0.4 is 5.32 Å². The number of hydrogen-bond acceptors (Lipinski definition) is 4. The minimum atomic E-state index is -3.73. The number of hydrogen-bond donors (Lipinski definition) is 4. The van der Waals surface area contributed by atoms with Gasteiger partial charge in [-0.25, -0.2) is 0 Å². The topological polar surface area (TPSA) is 124 Å². The van der Waals surface area contributed by atoms with Gasteiger partial charge in [-0.2, -0.15) is 0 Å². The molecule has 1 rings (SSSR count). The summed E-state index contributed by atoms with van der Waals surface area (Å²) in [6.07, 6.45) is -1.22. The lowest BCUT2D eigenvalue weighted by Crippen LogP contribution is -2.21. The van der Waals surface area contributed by atoms with E-state index in [1.165, 1.54) is 0 Å². The van der Waals surface area contributed by atoms with E-state index in [4.69, 9.17) is 10.2 Å². The number of nitrogens with one attached hydrogen (secondary N) is 1. The van der Waals surface area contributed by atoms with Gasteiger partial charge in [0.15, 0.2) is 0 Å². The molecule has 0 aliphatic heterocycles. The Kier molecular flexibility index (Phi) is 6.59. The summed E-state index contributed by atoms with van der Waals surface area (Å²) in [5.41, 5.74) is 1.66. The molecule has 0 radical (unpaired) electrons. The summed E-state index contributed by atoms with van der Waals surface area (Å²) < 4.78 is 12.1. The molecule has 2 atom stereocenters. The van der Waals surface area contributed by atoms with Crippen molar-refractivity contribution in [3.63, 3.8) is 0 Å². The number of carboxylic acid groups (broad SMARTS) is 2. The van der Waals surface area contributed by atoms with E-state index in [0.29, 0.717) is 5.69 Å². The van der Waals surface area contributed by atoms with Crippen LogP contribution in [0, 0.1) is 12.8 Å². The second-order valence-corrected chi connectivity index (χ2v) is 7.57. The van der Waals surface area contributed by atoms with Crippen molar-refractivity contribution in [1.82, 2.24) is 0 Å². The van der Waals surface area contributed by atoms with E-state index < -0.39 is 31.4 Å². The van der Waals surface area contributed by atoms with E-state index in [2.05, 4.69) is 5.32 Å². The summed E-state index contributed by atoms with van der Waals surface area (Å²) in [5, 5.41) is 20.4. The zero-order valence-electron chi connectivity index (χ0n) is 12.2. The van der Waals surface area contributed by atoms with Crippen molar-refractivity contribution in [3.05, 3.63) is 29.8 Å². The van der Waals surface area contributed by atoms with E-state index in [-0.39, 0.29) is 19.1 Å². The highest BCUT2D eigenvalue weighted by Crippen LogP contribution is 2.43. The average Bonchev–Trinajstić information content (AvgIpc) is 2.41. The maximum Gasteiger partial charge on any atom is 0.307 e. The van der Waals surface area contributed by atoms with Gasteiger partial charge in [-0.15, -0.1) is 0 Å². The molecule has 22 heavy (non-hydrogen) atoms. The summed E-state index contributed by atoms with van der Waals surface area (Å²) in [4.78, 5) is 31.5. The van der Waals surface area contributed by atoms with Crippen LogP contribution in [-0.4, -0.2) is 39.5 Å². The van der Waals surface area contributed by atoms with Gasteiger partial charge in [-0.3, -0.25) is 14.2 Å². The SMILES string of the molecule is Cc1cccc(NCP(=O)(O)CC(CCC(=O)O)C(=O)O)c1.